The van der Waals surface area contributed by atoms with Crippen molar-refractivity contribution >= 4 is 44.2 Å². The van der Waals surface area contributed by atoms with Crippen LogP contribution in [0.4, 0.5) is 5.13 Å². The van der Waals surface area contributed by atoms with Gasteiger partial charge in [0.05, 0.1) is 10.2 Å². The average Bonchev–Trinajstić information content (AvgIpc) is 3.12. The number of piperazine rings is 1. The second-order valence-electron chi connectivity index (χ2n) is 7.04. The summed E-state index contributed by atoms with van der Waals surface area (Å²) in [5, 5.41) is 1.68. The predicted molar refractivity (Wildman–Crippen MR) is 115 cm³/mol. The van der Waals surface area contributed by atoms with E-state index in [1.807, 2.05) is 4.90 Å². The van der Waals surface area contributed by atoms with Crippen LogP contribution >= 0.6 is 22.9 Å². The van der Waals surface area contributed by atoms with Crippen LogP contribution in [0, 0.1) is 13.8 Å². The van der Waals surface area contributed by atoms with E-state index >= 15 is 0 Å². The Morgan fingerprint density at radius 1 is 1.14 bits per heavy atom. The van der Waals surface area contributed by atoms with Gasteiger partial charge < -0.3 is 14.5 Å². The van der Waals surface area contributed by atoms with Crippen molar-refractivity contribution in [2.24, 2.45) is 0 Å². The largest absolute Gasteiger partial charge is 0.484 e. The van der Waals surface area contributed by atoms with Gasteiger partial charge in [0.1, 0.15) is 5.75 Å². The third kappa shape index (κ3) is 4.08. The Hall–Kier alpha value is -2.31. The van der Waals surface area contributed by atoms with E-state index in [2.05, 4.69) is 30.9 Å². The summed E-state index contributed by atoms with van der Waals surface area (Å²) in [5.74, 6) is 0.655. The number of benzene rings is 2. The number of aromatic nitrogens is 1. The molecule has 0 bridgehead atoms. The van der Waals surface area contributed by atoms with Crippen LogP contribution in [-0.4, -0.2) is 48.6 Å². The molecule has 28 heavy (non-hydrogen) atoms. The molecule has 5 nitrogen and oxygen atoms in total. The normalized spacial score (nSPS) is 14.5. The highest BCUT2D eigenvalue weighted by Gasteiger charge is 2.23. The van der Waals surface area contributed by atoms with Gasteiger partial charge in [-0.2, -0.15) is 0 Å². The van der Waals surface area contributed by atoms with Crippen molar-refractivity contribution in [1.29, 1.82) is 0 Å². The lowest BCUT2D eigenvalue weighted by Gasteiger charge is -2.34. The maximum atomic E-state index is 12.4. The lowest BCUT2D eigenvalue weighted by Crippen LogP contribution is -2.50. The van der Waals surface area contributed by atoms with Gasteiger partial charge in [-0.05, 0) is 55.3 Å². The Balaban J connectivity index is 1.34. The van der Waals surface area contributed by atoms with Gasteiger partial charge >= 0.3 is 0 Å². The molecule has 0 radical (unpaired) electrons. The number of fused-ring (bicyclic) bond motifs is 1. The second kappa shape index (κ2) is 7.97. The number of carbonyl (C=O) groups excluding carboxylic acids is 1. The first kappa shape index (κ1) is 19.0. The monoisotopic (exact) mass is 415 g/mol. The average molecular weight is 416 g/mol. The molecule has 1 amide bonds. The molecule has 2 aromatic carbocycles. The van der Waals surface area contributed by atoms with Crippen LogP contribution in [0.2, 0.25) is 5.02 Å². The Bertz CT molecular complexity index is 995. The van der Waals surface area contributed by atoms with E-state index in [0.717, 1.165) is 23.7 Å². The van der Waals surface area contributed by atoms with Gasteiger partial charge in [0.25, 0.3) is 5.91 Å². The molecule has 146 valence electrons. The van der Waals surface area contributed by atoms with Crippen LogP contribution in [0.5, 0.6) is 5.75 Å². The number of hydrogen-bond acceptors (Lipinski definition) is 5. The summed E-state index contributed by atoms with van der Waals surface area (Å²) in [6.07, 6.45) is 0. The number of aryl methyl sites for hydroxylation is 2. The molecule has 1 fully saturated rings. The van der Waals surface area contributed by atoms with Gasteiger partial charge in [-0.1, -0.05) is 29.0 Å². The molecule has 1 saturated heterocycles. The molecular weight excluding hydrogens is 394 g/mol. The molecule has 0 atom stereocenters. The zero-order valence-corrected chi connectivity index (χ0v) is 17.5. The quantitative estimate of drug-likeness (QED) is 0.637. The summed E-state index contributed by atoms with van der Waals surface area (Å²) in [6, 6.07) is 11.4. The highest BCUT2D eigenvalue weighted by Crippen LogP contribution is 2.32. The molecule has 0 N–H and O–H groups in total. The lowest BCUT2D eigenvalue weighted by atomic mass is 10.1. The van der Waals surface area contributed by atoms with E-state index in [4.69, 9.17) is 21.3 Å². The molecule has 0 spiro atoms. The first-order chi connectivity index (χ1) is 13.5. The fourth-order valence-electron chi connectivity index (χ4n) is 3.41. The van der Waals surface area contributed by atoms with Crippen LogP contribution in [0.15, 0.2) is 36.4 Å². The zero-order valence-electron chi connectivity index (χ0n) is 15.9. The smallest absolute Gasteiger partial charge is 0.260 e. The van der Waals surface area contributed by atoms with Crippen molar-refractivity contribution in [3.63, 3.8) is 0 Å². The molecular formula is C21H22ClN3O2S. The molecule has 1 aromatic heterocycles. The van der Waals surface area contributed by atoms with Crippen molar-refractivity contribution in [1.82, 2.24) is 9.88 Å². The Kier molecular flexibility index (Phi) is 5.42. The van der Waals surface area contributed by atoms with Gasteiger partial charge in [-0.25, -0.2) is 4.98 Å². The summed E-state index contributed by atoms with van der Waals surface area (Å²) in [7, 11) is 0. The minimum atomic E-state index is 0.00497. The summed E-state index contributed by atoms with van der Waals surface area (Å²) in [4.78, 5) is 21.4. The first-order valence-corrected chi connectivity index (χ1v) is 10.5. The third-order valence-electron chi connectivity index (χ3n) is 4.89. The van der Waals surface area contributed by atoms with E-state index < -0.39 is 0 Å². The Labute approximate surface area is 173 Å². The maximum Gasteiger partial charge on any atom is 0.260 e. The van der Waals surface area contributed by atoms with Crippen molar-refractivity contribution in [2.75, 3.05) is 37.7 Å². The lowest BCUT2D eigenvalue weighted by molar-refractivity contribution is -0.133. The van der Waals surface area contributed by atoms with E-state index in [-0.39, 0.29) is 12.5 Å². The van der Waals surface area contributed by atoms with E-state index in [1.54, 1.807) is 35.6 Å². The van der Waals surface area contributed by atoms with Crippen LogP contribution in [0.25, 0.3) is 10.2 Å². The van der Waals surface area contributed by atoms with Gasteiger partial charge in [-0.3, -0.25) is 4.79 Å². The van der Waals surface area contributed by atoms with Gasteiger partial charge in [-0.15, -0.1) is 0 Å². The van der Waals surface area contributed by atoms with Crippen molar-refractivity contribution in [3.05, 3.63) is 52.5 Å². The molecule has 1 aliphatic heterocycles. The number of thiazole rings is 1. The Morgan fingerprint density at radius 3 is 2.57 bits per heavy atom. The fourth-order valence-corrected chi connectivity index (χ4v) is 4.61. The number of ether oxygens (including phenoxy) is 1. The number of amides is 1. The second-order valence-corrected chi connectivity index (χ2v) is 8.45. The minimum absolute atomic E-state index is 0.00497. The highest BCUT2D eigenvalue weighted by atomic mass is 35.5. The molecule has 3 aromatic rings. The van der Waals surface area contributed by atoms with Gasteiger partial charge in [0.15, 0.2) is 11.7 Å². The van der Waals surface area contributed by atoms with E-state index in [1.165, 1.54) is 15.8 Å². The molecule has 7 heteroatoms. The zero-order chi connectivity index (χ0) is 19.7. The number of halogens is 1. The predicted octanol–water partition coefficient (Wildman–Crippen LogP) is 4.29. The van der Waals surface area contributed by atoms with Crippen molar-refractivity contribution in [2.45, 2.75) is 13.8 Å². The number of carbonyl (C=O) groups is 1. The SMILES string of the molecule is Cc1cc(C)c2sc(N3CCN(C(=O)COc4ccc(Cl)cc4)CC3)nc2c1. The van der Waals surface area contributed by atoms with Crippen LogP contribution in [0.3, 0.4) is 0 Å². The topological polar surface area (TPSA) is 45.7 Å². The van der Waals surface area contributed by atoms with Crippen LogP contribution < -0.4 is 9.64 Å². The van der Waals surface area contributed by atoms with E-state index in [9.17, 15) is 4.79 Å². The molecule has 4 rings (SSSR count). The molecule has 0 unspecified atom stereocenters. The van der Waals surface area contributed by atoms with Gasteiger partial charge in [0.2, 0.25) is 0 Å². The summed E-state index contributed by atoms with van der Waals surface area (Å²) in [6.45, 7) is 7.19. The highest BCUT2D eigenvalue weighted by molar-refractivity contribution is 7.22. The number of rotatable bonds is 4. The maximum absolute atomic E-state index is 12.4. The third-order valence-corrected chi connectivity index (χ3v) is 6.41. The standard InChI is InChI=1S/C21H22ClN3O2S/c1-14-11-15(2)20-18(12-14)23-21(28-20)25-9-7-24(8-10-25)19(26)13-27-17-5-3-16(22)4-6-17/h3-6,11-12H,7-10,13H2,1-2H3. The summed E-state index contributed by atoms with van der Waals surface area (Å²) in [5.41, 5.74) is 3.57. The number of hydrogen-bond donors (Lipinski definition) is 0. The van der Waals surface area contributed by atoms with Crippen molar-refractivity contribution in [3.8, 4) is 5.75 Å². The number of nitrogens with zero attached hydrogens (tertiary/aromatic N) is 3. The van der Waals surface area contributed by atoms with Crippen LogP contribution in [-0.2, 0) is 4.79 Å². The van der Waals surface area contributed by atoms with Gasteiger partial charge in [0, 0.05) is 31.2 Å². The molecule has 0 aliphatic carbocycles. The first-order valence-electron chi connectivity index (χ1n) is 9.28. The summed E-state index contributed by atoms with van der Waals surface area (Å²) < 4.78 is 6.82. The van der Waals surface area contributed by atoms with Crippen molar-refractivity contribution < 1.29 is 9.53 Å². The Morgan fingerprint density at radius 2 is 1.86 bits per heavy atom. The summed E-state index contributed by atoms with van der Waals surface area (Å²) >= 11 is 7.60. The fraction of sp³-hybridized carbons (Fsp3) is 0.333. The van der Waals surface area contributed by atoms with E-state index in [0.29, 0.717) is 23.9 Å². The number of anilines is 1. The molecule has 0 saturated carbocycles. The minimum Gasteiger partial charge on any atom is -0.484 e. The van der Waals surface area contributed by atoms with Crippen LogP contribution in [0.1, 0.15) is 11.1 Å². The molecule has 1 aliphatic rings. The molecule has 2 heterocycles.